The molecule has 0 spiro atoms. The molecule has 1 aromatic heterocycles. The van der Waals surface area contributed by atoms with Gasteiger partial charge in [-0.3, -0.25) is 4.99 Å². The van der Waals surface area contributed by atoms with Crippen molar-refractivity contribution >= 4 is 34.6 Å². The molecule has 0 radical (unpaired) electrons. The minimum atomic E-state index is 0.238. The fourth-order valence-corrected chi connectivity index (χ4v) is 2.86. The Hall–Kier alpha value is -3.11. The molecular formula is C21H15ClN2O2. The number of aliphatic imine (C=N–C) groups is 1. The van der Waals surface area contributed by atoms with Crippen LogP contribution in [0.15, 0.2) is 70.1 Å². The van der Waals surface area contributed by atoms with Gasteiger partial charge in [0.25, 0.3) is 0 Å². The summed E-state index contributed by atoms with van der Waals surface area (Å²) in [5, 5.41) is 10.7. The standard InChI is InChI=1S/C21H15ClN2O2/c1-13-4-2-6-15(20(13)25)12-23-17-8-9-19-18(11-17)24-21(26-19)14-5-3-7-16(22)10-14/h2-12,25H,1H3. The van der Waals surface area contributed by atoms with Crippen LogP contribution in [0.3, 0.4) is 0 Å². The molecule has 128 valence electrons. The maximum atomic E-state index is 10.1. The first-order chi connectivity index (χ1) is 12.6. The number of oxazole rings is 1. The summed E-state index contributed by atoms with van der Waals surface area (Å²) in [7, 11) is 0. The van der Waals surface area contributed by atoms with Gasteiger partial charge >= 0.3 is 0 Å². The lowest BCUT2D eigenvalue weighted by Crippen LogP contribution is -1.84. The highest BCUT2D eigenvalue weighted by molar-refractivity contribution is 6.30. The molecular weight excluding hydrogens is 348 g/mol. The fraction of sp³-hybridized carbons (Fsp3) is 0.0476. The molecule has 4 aromatic rings. The van der Waals surface area contributed by atoms with Gasteiger partial charge in [0.1, 0.15) is 11.3 Å². The van der Waals surface area contributed by atoms with E-state index in [0.717, 1.165) is 16.8 Å². The van der Waals surface area contributed by atoms with Gasteiger partial charge in [-0.25, -0.2) is 4.98 Å². The van der Waals surface area contributed by atoms with E-state index in [1.807, 2.05) is 61.5 Å². The van der Waals surface area contributed by atoms with E-state index >= 15 is 0 Å². The SMILES string of the molecule is Cc1cccc(C=Nc2ccc3oc(-c4cccc(Cl)c4)nc3c2)c1O. The molecule has 1 N–H and O–H groups in total. The van der Waals surface area contributed by atoms with Crippen LogP contribution in [0.5, 0.6) is 5.75 Å². The highest BCUT2D eigenvalue weighted by Crippen LogP contribution is 2.28. The van der Waals surface area contributed by atoms with Crippen molar-refractivity contribution in [2.45, 2.75) is 6.92 Å². The summed E-state index contributed by atoms with van der Waals surface area (Å²) in [5.41, 5.74) is 4.42. The molecule has 1 heterocycles. The minimum absolute atomic E-state index is 0.238. The van der Waals surface area contributed by atoms with Gasteiger partial charge in [0.05, 0.1) is 5.69 Å². The van der Waals surface area contributed by atoms with Crippen molar-refractivity contribution in [1.82, 2.24) is 4.98 Å². The van der Waals surface area contributed by atoms with Crippen molar-refractivity contribution in [3.8, 4) is 17.2 Å². The van der Waals surface area contributed by atoms with Crippen LogP contribution in [-0.4, -0.2) is 16.3 Å². The number of benzene rings is 3. The van der Waals surface area contributed by atoms with Gasteiger partial charge < -0.3 is 9.52 Å². The molecule has 0 atom stereocenters. The summed E-state index contributed by atoms with van der Waals surface area (Å²) in [6.07, 6.45) is 1.64. The summed E-state index contributed by atoms with van der Waals surface area (Å²) >= 11 is 6.03. The molecule has 0 saturated carbocycles. The van der Waals surface area contributed by atoms with E-state index in [2.05, 4.69) is 9.98 Å². The number of aromatic nitrogens is 1. The number of aryl methyl sites for hydroxylation is 1. The predicted octanol–water partition coefficient (Wildman–Crippen LogP) is 5.91. The molecule has 0 fully saturated rings. The van der Waals surface area contributed by atoms with Crippen molar-refractivity contribution in [3.63, 3.8) is 0 Å². The first-order valence-electron chi connectivity index (χ1n) is 8.09. The van der Waals surface area contributed by atoms with E-state index < -0.39 is 0 Å². The van der Waals surface area contributed by atoms with Crippen molar-refractivity contribution in [2.75, 3.05) is 0 Å². The molecule has 0 aliphatic heterocycles. The molecule has 5 heteroatoms. The van der Waals surface area contributed by atoms with E-state index in [1.165, 1.54) is 0 Å². The van der Waals surface area contributed by atoms with Crippen molar-refractivity contribution in [2.24, 2.45) is 4.99 Å². The molecule has 3 aromatic carbocycles. The first kappa shape index (κ1) is 16.4. The second kappa shape index (κ2) is 6.65. The normalized spacial score (nSPS) is 11.5. The number of halogens is 1. The van der Waals surface area contributed by atoms with E-state index in [9.17, 15) is 5.11 Å². The second-order valence-corrected chi connectivity index (χ2v) is 6.39. The quantitative estimate of drug-likeness (QED) is 0.460. The molecule has 0 amide bonds. The first-order valence-corrected chi connectivity index (χ1v) is 8.47. The lowest BCUT2D eigenvalue weighted by molar-refractivity contribution is 0.470. The number of fused-ring (bicyclic) bond motifs is 1. The molecule has 0 unspecified atom stereocenters. The highest BCUT2D eigenvalue weighted by atomic mass is 35.5. The topological polar surface area (TPSA) is 58.6 Å². The molecule has 0 aliphatic carbocycles. The van der Waals surface area contributed by atoms with Gasteiger partial charge in [-0.05, 0) is 55.0 Å². The van der Waals surface area contributed by atoms with Gasteiger partial charge in [0, 0.05) is 22.4 Å². The van der Waals surface area contributed by atoms with Crippen LogP contribution in [0.25, 0.3) is 22.6 Å². The van der Waals surface area contributed by atoms with Gasteiger partial charge in [0.15, 0.2) is 5.58 Å². The highest BCUT2D eigenvalue weighted by Gasteiger charge is 2.09. The van der Waals surface area contributed by atoms with Gasteiger partial charge in [-0.1, -0.05) is 29.8 Å². The third-order valence-corrected chi connectivity index (χ3v) is 4.30. The number of hydrogen-bond donors (Lipinski definition) is 1. The number of phenols is 1. The smallest absolute Gasteiger partial charge is 0.227 e. The van der Waals surface area contributed by atoms with E-state index in [0.29, 0.717) is 27.6 Å². The summed E-state index contributed by atoms with van der Waals surface area (Å²) in [6, 6.07) is 18.4. The lowest BCUT2D eigenvalue weighted by Gasteiger charge is -2.01. The Bertz CT molecular complexity index is 1130. The monoisotopic (exact) mass is 362 g/mol. The Kier molecular flexibility index (Phi) is 4.19. The largest absolute Gasteiger partial charge is 0.507 e. The van der Waals surface area contributed by atoms with Crippen LogP contribution in [-0.2, 0) is 0 Å². The van der Waals surface area contributed by atoms with Crippen LogP contribution in [0.2, 0.25) is 5.02 Å². The Balaban J connectivity index is 1.67. The Morgan fingerprint density at radius 3 is 2.77 bits per heavy atom. The molecule has 26 heavy (non-hydrogen) atoms. The number of rotatable bonds is 3. The second-order valence-electron chi connectivity index (χ2n) is 5.95. The predicted molar refractivity (Wildman–Crippen MR) is 105 cm³/mol. The van der Waals surface area contributed by atoms with E-state index in [4.69, 9.17) is 16.0 Å². The van der Waals surface area contributed by atoms with Crippen molar-refractivity contribution in [1.29, 1.82) is 0 Å². The Labute approximate surface area is 155 Å². The fourth-order valence-electron chi connectivity index (χ4n) is 2.67. The molecule has 0 bridgehead atoms. The van der Waals surface area contributed by atoms with Gasteiger partial charge in [-0.15, -0.1) is 0 Å². The zero-order valence-electron chi connectivity index (χ0n) is 14.0. The third kappa shape index (κ3) is 3.19. The number of aromatic hydroxyl groups is 1. The average molecular weight is 363 g/mol. The Morgan fingerprint density at radius 1 is 1.08 bits per heavy atom. The van der Waals surface area contributed by atoms with Crippen LogP contribution < -0.4 is 0 Å². The van der Waals surface area contributed by atoms with Crippen LogP contribution in [0.4, 0.5) is 5.69 Å². The summed E-state index contributed by atoms with van der Waals surface area (Å²) in [5.74, 6) is 0.752. The number of phenolic OH excluding ortho intramolecular Hbond substituents is 1. The van der Waals surface area contributed by atoms with Crippen LogP contribution in [0.1, 0.15) is 11.1 Å². The number of para-hydroxylation sites is 1. The minimum Gasteiger partial charge on any atom is -0.507 e. The van der Waals surface area contributed by atoms with E-state index in [1.54, 1.807) is 12.3 Å². The summed E-state index contributed by atoms with van der Waals surface area (Å²) in [6.45, 7) is 1.85. The van der Waals surface area contributed by atoms with Gasteiger partial charge in [0.2, 0.25) is 5.89 Å². The zero-order chi connectivity index (χ0) is 18.1. The number of hydrogen-bond acceptors (Lipinski definition) is 4. The zero-order valence-corrected chi connectivity index (χ0v) is 14.7. The maximum absolute atomic E-state index is 10.1. The number of nitrogens with zero attached hydrogens (tertiary/aromatic N) is 2. The summed E-state index contributed by atoms with van der Waals surface area (Å²) in [4.78, 5) is 8.96. The molecule has 0 saturated heterocycles. The van der Waals surface area contributed by atoms with Crippen molar-refractivity contribution < 1.29 is 9.52 Å². The average Bonchev–Trinajstić information content (AvgIpc) is 3.06. The van der Waals surface area contributed by atoms with E-state index in [-0.39, 0.29) is 5.75 Å². The van der Waals surface area contributed by atoms with Gasteiger partial charge in [-0.2, -0.15) is 0 Å². The van der Waals surface area contributed by atoms with Crippen molar-refractivity contribution in [3.05, 3.63) is 76.8 Å². The third-order valence-electron chi connectivity index (χ3n) is 4.06. The lowest BCUT2D eigenvalue weighted by atomic mass is 10.1. The van der Waals surface area contributed by atoms with Crippen LogP contribution >= 0.6 is 11.6 Å². The molecule has 4 nitrogen and oxygen atoms in total. The maximum Gasteiger partial charge on any atom is 0.227 e. The Morgan fingerprint density at radius 2 is 1.92 bits per heavy atom. The summed E-state index contributed by atoms with van der Waals surface area (Å²) < 4.78 is 5.80. The molecule has 0 aliphatic rings. The van der Waals surface area contributed by atoms with Crippen LogP contribution in [0, 0.1) is 6.92 Å². The molecule has 4 rings (SSSR count).